The molecular weight excluding hydrogens is 266 g/mol. The van der Waals surface area contributed by atoms with Crippen LogP contribution in [-0.2, 0) is 0 Å². The third-order valence-corrected chi connectivity index (χ3v) is 4.11. The van der Waals surface area contributed by atoms with Crippen molar-refractivity contribution in [3.8, 4) is 0 Å². The fourth-order valence-corrected chi connectivity index (χ4v) is 3.03. The van der Waals surface area contributed by atoms with Crippen LogP contribution in [0, 0.1) is 12.1 Å². The van der Waals surface area contributed by atoms with E-state index in [-0.39, 0.29) is 0 Å². The first-order valence-electron chi connectivity index (χ1n) is 7.36. The molecule has 1 nitrogen and oxygen atoms in total. The van der Waals surface area contributed by atoms with Gasteiger partial charge in [0.15, 0.2) is 0 Å². The molecule has 22 heavy (non-hydrogen) atoms. The van der Waals surface area contributed by atoms with Gasteiger partial charge in [0, 0.05) is 29.6 Å². The lowest BCUT2D eigenvalue weighted by molar-refractivity contribution is 1.23. The fourth-order valence-electron chi connectivity index (χ4n) is 3.03. The van der Waals surface area contributed by atoms with E-state index in [1.807, 2.05) is 12.1 Å². The zero-order chi connectivity index (χ0) is 14.9. The number of rotatable bonds is 2. The molecule has 0 amide bonds. The Balaban J connectivity index is 2.08. The van der Waals surface area contributed by atoms with Crippen LogP contribution >= 0.6 is 0 Å². The zero-order valence-electron chi connectivity index (χ0n) is 12.4. The molecule has 1 heteroatoms. The van der Waals surface area contributed by atoms with E-state index in [2.05, 4.69) is 84.7 Å². The molecule has 0 N–H and O–H groups in total. The maximum atomic E-state index is 3.04. The van der Waals surface area contributed by atoms with Crippen LogP contribution < -0.4 is 4.90 Å². The quantitative estimate of drug-likeness (QED) is 0.447. The molecule has 0 aliphatic carbocycles. The number of benzene rings is 3. The summed E-state index contributed by atoms with van der Waals surface area (Å²) in [6.45, 7) is 0. The highest BCUT2D eigenvalue weighted by Gasteiger charge is 2.12. The van der Waals surface area contributed by atoms with Gasteiger partial charge in [-0.05, 0) is 29.0 Å². The minimum absolute atomic E-state index is 1.11. The van der Waals surface area contributed by atoms with E-state index in [9.17, 15) is 0 Å². The summed E-state index contributed by atoms with van der Waals surface area (Å²) < 4.78 is 0. The first kappa shape index (κ1) is 12.7. The van der Waals surface area contributed by atoms with E-state index >= 15 is 0 Å². The fraction of sp³-hybridized carbons (Fsp3) is 0.0476. The lowest BCUT2D eigenvalue weighted by Gasteiger charge is -2.23. The second-order valence-electron chi connectivity index (χ2n) is 5.42. The maximum absolute atomic E-state index is 3.04. The summed E-state index contributed by atoms with van der Waals surface area (Å²) in [7, 11) is 2.11. The van der Waals surface area contributed by atoms with Crippen molar-refractivity contribution in [2.75, 3.05) is 11.9 Å². The Morgan fingerprint density at radius 1 is 0.773 bits per heavy atom. The molecule has 0 saturated heterocycles. The summed E-state index contributed by atoms with van der Waals surface area (Å²) in [5.74, 6) is 0. The van der Waals surface area contributed by atoms with E-state index in [1.165, 1.54) is 27.2 Å². The Kier molecular flexibility index (Phi) is 2.95. The third kappa shape index (κ3) is 1.98. The summed E-state index contributed by atoms with van der Waals surface area (Å²) in [5, 5.41) is 5.04. The van der Waals surface area contributed by atoms with Gasteiger partial charge in [0.05, 0.1) is 5.69 Å². The second kappa shape index (κ2) is 5.09. The molecule has 0 radical (unpaired) electrons. The van der Waals surface area contributed by atoms with E-state index < -0.39 is 0 Å². The SMILES string of the molecule is CN(c1cc#ccc1)c1c2ccccc2cc2ccccc12. The standard InChI is InChI=1S/C21H15N/c1-22(18-11-3-2-4-12-18)21-19-13-7-5-9-16(19)15-17-10-6-8-14-20(17)21/h3,5-15H,1H3. The molecule has 0 unspecified atom stereocenters. The Bertz CT molecular complexity index is 887. The average Bonchev–Trinajstić information content (AvgIpc) is 2.60. The number of hydrogen-bond acceptors (Lipinski definition) is 1. The Labute approximate surface area is 130 Å². The van der Waals surface area contributed by atoms with Gasteiger partial charge in [0.1, 0.15) is 0 Å². The molecule has 0 heterocycles. The summed E-state index contributed by atoms with van der Waals surface area (Å²) in [6, 6.07) is 31.3. The van der Waals surface area contributed by atoms with Gasteiger partial charge in [-0.15, -0.1) is 0 Å². The monoisotopic (exact) mass is 281 g/mol. The van der Waals surface area contributed by atoms with Crippen LogP contribution in [0.25, 0.3) is 21.5 Å². The molecule has 0 fully saturated rings. The highest BCUT2D eigenvalue weighted by molar-refractivity contribution is 6.12. The normalized spacial score (nSPS) is 10.6. The van der Waals surface area contributed by atoms with Crippen LogP contribution in [0.1, 0.15) is 0 Å². The summed E-state index contributed by atoms with van der Waals surface area (Å²) in [6.07, 6.45) is 0. The number of fused-ring (bicyclic) bond motifs is 2. The Morgan fingerprint density at radius 2 is 1.41 bits per heavy atom. The number of anilines is 2. The zero-order valence-corrected chi connectivity index (χ0v) is 12.4. The Hall–Kier alpha value is -2.98. The molecule has 0 aliphatic rings. The van der Waals surface area contributed by atoms with Crippen molar-refractivity contribution in [2.24, 2.45) is 0 Å². The maximum Gasteiger partial charge on any atom is 0.0567 e. The van der Waals surface area contributed by atoms with Crippen molar-refractivity contribution in [2.45, 2.75) is 0 Å². The smallest absolute Gasteiger partial charge is 0.0567 e. The van der Waals surface area contributed by atoms with Gasteiger partial charge in [-0.2, -0.15) is 0 Å². The lowest BCUT2D eigenvalue weighted by Crippen LogP contribution is -2.10. The molecule has 4 aromatic rings. The summed E-state index contributed by atoms with van der Waals surface area (Å²) in [4.78, 5) is 2.23. The molecule has 0 aromatic heterocycles. The van der Waals surface area contributed by atoms with Crippen LogP contribution in [0.2, 0.25) is 0 Å². The third-order valence-electron chi connectivity index (χ3n) is 4.11. The summed E-state index contributed by atoms with van der Waals surface area (Å²) in [5.41, 5.74) is 2.34. The molecule has 0 spiro atoms. The number of hydrogen-bond donors (Lipinski definition) is 0. The van der Waals surface area contributed by atoms with Crippen LogP contribution in [0.4, 0.5) is 11.4 Å². The van der Waals surface area contributed by atoms with Crippen molar-refractivity contribution in [3.63, 3.8) is 0 Å². The Morgan fingerprint density at radius 3 is 2.00 bits per heavy atom. The van der Waals surface area contributed by atoms with Gasteiger partial charge < -0.3 is 4.90 Å². The van der Waals surface area contributed by atoms with Crippen molar-refractivity contribution in [3.05, 3.63) is 84.9 Å². The van der Waals surface area contributed by atoms with Gasteiger partial charge >= 0.3 is 0 Å². The molecule has 4 rings (SSSR count). The van der Waals surface area contributed by atoms with Gasteiger partial charge in [0.2, 0.25) is 0 Å². The highest BCUT2D eigenvalue weighted by atomic mass is 15.1. The molecule has 0 atom stereocenters. The molecule has 0 aliphatic heterocycles. The average molecular weight is 281 g/mol. The van der Waals surface area contributed by atoms with Crippen LogP contribution in [0.5, 0.6) is 0 Å². The van der Waals surface area contributed by atoms with E-state index in [0.717, 1.165) is 5.69 Å². The number of nitrogens with zero attached hydrogens (tertiary/aromatic N) is 1. The molecule has 104 valence electrons. The second-order valence-corrected chi connectivity index (χ2v) is 5.42. The topological polar surface area (TPSA) is 3.24 Å². The molecular formula is C21H15N. The van der Waals surface area contributed by atoms with E-state index in [1.54, 1.807) is 0 Å². The molecule has 0 bridgehead atoms. The van der Waals surface area contributed by atoms with Crippen LogP contribution in [0.15, 0.2) is 72.8 Å². The first-order chi connectivity index (χ1) is 10.8. The van der Waals surface area contributed by atoms with Crippen molar-refractivity contribution < 1.29 is 0 Å². The summed E-state index contributed by atoms with van der Waals surface area (Å²) >= 11 is 0. The molecule has 4 aromatic carbocycles. The highest BCUT2D eigenvalue weighted by Crippen LogP contribution is 2.37. The van der Waals surface area contributed by atoms with Crippen LogP contribution in [-0.4, -0.2) is 7.05 Å². The van der Waals surface area contributed by atoms with Gasteiger partial charge in [-0.1, -0.05) is 60.7 Å². The molecule has 0 saturated carbocycles. The van der Waals surface area contributed by atoms with Gasteiger partial charge in [-0.3, -0.25) is 0 Å². The first-order valence-corrected chi connectivity index (χ1v) is 7.36. The minimum Gasteiger partial charge on any atom is -0.343 e. The van der Waals surface area contributed by atoms with Crippen molar-refractivity contribution >= 4 is 32.9 Å². The van der Waals surface area contributed by atoms with Gasteiger partial charge in [-0.25, -0.2) is 0 Å². The van der Waals surface area contributed by atoms with Crippen LogP contribution in [0.3, 0.4) is 0 Å². The van der Waals surface area contributed by atoms with Crippen molar-refractivity contribution in [1.82, 2.24) is 0 Å². The predicted octanol–water partition coefficient (Wildman–Crippen LogP) is 5.36. The lowest BCUT2D eigenvalue weighted by atomic mass is 10.00. The predicted molar refractivity (Wildman–Crippen MR) is 93.6 cm³/mol. The van der Waals surface area contributed by atoms with E-state index in [4.69, 9.17) is 0 Å². The van der Waals surface area contributed by atoms with E-state index in [0.29, 0.717) is 0 Å². The minimum atomic E-state index is 1.11. The van der Waals surface area contributed by atoms with Crippen molar-refractivity contribution in [1.29, 1.82) is 0 Å². The largest absolute Gasteiger partial charge is 0.343 e. The van der Waals surface area contributed by atoms with Gasteiger partial charge in [0.25, 0.3) is 0 Å².